The Bertz CT molecular complexity index is 353. The highest BCUT2D eigenvalue weighted by atomic mass is 35.5. The number of rotatable bonds is 2. The number of aromatic nitrogens is 2. The zero-order valence-electron chi connectivity index (χ0n) is 9.61. The van der Waals surface area contributed by atoms with Crippen LogP contribution in [0.4, 0.5) is 0 Å². The van der Waals surface area contributed by atoms with Crippen LogP contribution in [0.5, 0.6) is 0 Å². The van der Waals surface area contributed by atoms with Crippen molar-refractivity contribution in [3.63, 3.8) is 0 Å². The van der Waals surface area contributed by atoms with Crippen molar-refractivity contribution in [2.75, 3.05) is 6.61 Å². The summed E-state index contributed by atoms with van der Waals surface area (Å²) in [6.45, 7) is 2.63. The van der Waals surface area contributed by atoms with E-state index in [0.717, 1.165) is 19.3 Å². The molecular formula is C11H17ClN2O2. The van der Waals surface area contributed by atoms with E-state index in [1.165, 1.54) is 0 Å². The van der Waals surface area contributed by atoms with Crippen LogP contribution in [0.2, 0.25) is 5.02 Å². The fourth-order valence-corrected chi connectivity index (χ4v) is 2.46. The molecule has 1 fully saturated rings. The van der Waals surface area contributed by atoms with Crippen molar-refractivity contribution in [3.05, 3.63) is 16.9 Å². The molecule has 0 spiro atoms. The molecule has 2 rings (SSSR count). The minimum absolute atomic E-state index is 0.491. The zero-order valence-corrected chi connectivity index (χ0v) is 10.4. The van der Waals surface area contributed by atoms with Gasteiger partial charge in [0.2, 0.25) is 0 Å². The van der Waals surface area contributed by atoms with Crippen molar-refractivity contribution in [3.8, 4) is 0 Å². The van der Waals surface area contributed by atoms with Gasteiger partial charge in [-0.05, 0) is 26.2 Å². The van der Waals surface area contributed by atoms with Gasteiger partial charge in [0, 0.05) is 13.7 Å². The summed E-state index contributed by atoms with van der Waals surface area (Å²) in [7, 11) is 1.77. The second-order valence-corrected chi connectivity index (χ2v) is 4.93. The first-order valence-corrected chi connectivity index (χ1v) is 5.92. The molecule has 16 heavy (non-hydrogen) atoms. The Morgan fingerprint density at radius 1 is 1.62 bits per heavy atom. The van der Waals surface area contributed by atoms with Gasteiger partial charge in [0.15, 0.2) is 0 Å². The van der Waals surface area contributed by atoms with E-state index in [-0.39, 0.29) is 0 Å². The van der Waals surface area contributed by atoms with E-state index in [1.807, 2.05) is 6.92 Å². The Hall–Kier alpha value is -0.580. The van der Waals surface area contributed by atoms with E-state index in [9.17, 15) is 5.11 Å². The number of halogens is 1. The number of hydrogen-bond acceptors (Lipinski definition) is 3. The van der Waals surface area contributed by atoms with Crippen LogP contribution in [0, 0.1) is 0 Å². The first-order valence-electron chi connectivity index (χ1n) is 5.54. The van der Waals surface area contributed by atoms with Gasteiger partial charge in [0.25, 0.3) is 0 Å². The molecule has 0 saturated carbocycles. The fraction of sp³-hybridized carbons (Fsp3) is 0.727. The van der Waals surface area contributed by atoms with E-state index < -0.39 is 11.7 Å². The molecule has 90 valence electrons. The summed E-state index contributed by atoms with van der Waals surface area (Å²) in [4.78, 5) is 0. The summed E-state index contributed by atoms with van der Waals surface area (Å²) in [5, 5.41) is 14.9. The Balaban J connectivity index is 2.27. The van der Waals surface area contributed by atoms with E-state index in [4.69, 9.17) is 16.3 Å². The molecule has 2 heterocycles. The predicted molar refractivity (Wildman–Crippen MR) is 61.4 cm³/mol. The monoisotopic (exact) mass is 244 g/mol. The summed E-state index contributed by atoms with van der Waals surface area (Å²) in [5.41, 5.74) is 0.0847. The summed E-state index contributed by atoms with van der Waals surface area (Å²) in [6.07, 6.45) is 3.79. The molecule has 2 atom stereocenters. The SMILES string of the molecule is Cn1ncc(Cl)c1C(O)C1(C)CCCCO1. The molecule has 4 nitrogen and oxygen atoms in total. The van der Waals surface area contributed by atoms with Crippen molar-refractivity contribution in [1.29, 1.82) is 0 Å². The maximum atomic E-state index is 10.4. The Morgan fingerprint density at radius 3 is 2.88 bits per heavy atom. The summed E-state index contributed by atoms with van der Waals surface area (Å²) in [5.74, 6) is 0. The lowest BCUT2D eigenvalue weighted by Crippen LogP contribution is -2.40. The smallest absolute Gasteiger partial charge is 0.126 e. The van der Waals surface area contributed by atoms with Gasteiger partial charge in [-0.3, -0.25) is 4.68 Å². The van der Waals surface area contributed by atoms with Gasteiger partial charge >= 0.3 is 0 Å². The quantitative estimate of drug-likeness (QED) is 0.866. The lowest BCUT2D eigenvalue weighted by atomic mass is 9.88. The van der Waals surface area contributed by atoms with Crippen LogP contribution in [0.3, 0.4) is 0 Å². The van der Waals surface area contributed by atoms with Crippen LogP contribution in [0.15, 0.2) is 6.20 Å². The highest BCUT2D eigenvalue weighted by Crippen LogP contribution is 2.38. The standard InChI is InChI=1S/C11H17ClN2O2/c1-11(5-3-4-6-16-11)10(15)9-8(12)7-13-14(9)2/h7,10,15H,3-6H2,1-2H3. The third kappa shape index (κ3) is 1.97. The zero-order chi connectivity index (χ0) is 11.8. The summed E-state index contributed by atoms with van der Waals surface area (Å²) >= 11 is 6.02. The average molecular weight is 245 g/mol. The normalized spacial score (nSPS) is 28.0. The van der Waals surface area contributed by atoms with E-state index in [0.29, 0.717) is 17.3 Å². The Labute approximate surface area is 100 Å². The second kappa shape index (κ2) is 4.35. The third-order valence-electron chi connectivity index (χ3n) is 3.27. The average Bonchev–Trinajstić information content (AvgIpc) is 2.59. The highest BCUT2D eigenvalue weighted by Gasteiger charge is 2.39. The van der Waals surface area contributed by atoms with Crippen molar-refractivity contribution >= 4 is 11.6 Å². The van der Waals surface area contributed by atoms with Gasteiger partial charge in [-0.15, -0.1) is 0 Å². The minimum atomic E-state index is -0.729. The van der Waals surface area contributed by atoms with Crippen LogP contribution in [0.1, 0.15) is 38.0 Å². The van der Waals surface area contributed by atoms with E-state index >= 15 is 0 Å². The predicted octanol–water partition coefficient (Wildman–Crippen LogP) is 2.07. The molecular weight excluding hydrogens is 228 g/mol. The molecule has 5 heteroatoms. The van der Waals surface area contributed by atoms with Gasteiger partial charge in [-0.2, -0.15) is 5.10 Å². The van der Waals surface area contributed by atoms with Gasteiger partial charge in [-0.25, -0.2) is 0 Å². The maximum absolute atomic E-state index is 10.4. The van der Waals surface area contributed by atoms with Crippen molar-refractivity contribution in [1.82, 2.24) is 9.78 Å². The first kappa shape index (κ1) is 11.9. The van der Waals surface area contributed by atoms with Crippen LogP contribution < -0.4 is 0 Å². The molecule has 1 aromatic heterocycles. The van der Waals surface area contributed by atoms with Crippen LogP contribution in [0.25, 0.3) is 0 Å². The molecule has 1 aliphatic rings. The third-order valence-corrected chi connectivity index (χ3v) is 3.57. The molecule has 1 aromatic rings. The molecule has 2 unspecified atom stereocenters. The number of aliphatic hydroxyl groups excluding tert-OH is 1. The largest absolute Gasteiger partial charge is 0.384 e. The van der Waals surface area contributed by atoms with E-state index in [1.54, 1.807) is 17.9 Å². The number of nitrogens with zero attached hydrogens (tertiary/aromatic N) is 2. The van der Waals surface area contributed by atoms with Crippen LogP contribution >= 0.6 is 11.6 Å². The van der Waals surface area contributed by atoms with Crippen LogP contribution in [-0.2, 0) is 11.8 Å². The summed E-state index contributed by atoms with van der Waals surface area (Å²) in [6, 6.07) is 0. The lowest BCUT2D eigenvalue weighted by molar-refractivity contribution is -0.140. The highest BCUT2D eigenvalue weighted by molar-refractivity contribution is 6.31. The molecule has 1 N–H and O–H groups in total. The van der Waals surface area contributed by atoms with E-state index in [2.05, 4.69) is 5.10 Å². The molecule has 1 saturated heterocycles. The van der Waals surface area contributed by atoms with Crippen molar-refractivity contribution in [2.24, 2.45) is 7.05 Å². The van der Waals surface area contributed by atoms with Gasteiger partial charge in [0.1, 0.15) is 6.10 Å². The molecule has 0 amide bonds. The molecule has 0 bridgehead atoms. The van der Waals surface area contributed by atoms with Crippen molar-refractivity contribution in [2.45, 2.75) is 37.9 Å². The van der Waals surface area contributed by atoms with Crippen molar-refractivity contribution < 1.29 is 9.84 Å². The van der Waals surface area contributed by atoms with Gasteiger partial charge in [-0.1, -0.05) is 11.6 Å². The molecule has 0 radical (unpaired) electrons. The molecule has 0 aromatic carbocycles. The minimum Gasteiger partial charge on any atom is -0.384 e. The second-order valence-electron chi connectivity index (χ2n) is 4.52. The Morgan fingerprint density at radius 2 is 2.38 bits per heavy atom. The number of hydrogen-bond donors (Lipinski definition) is 1. The number of aliphatic hydroxyl groups is 1. The van der Waals surface area contributed by atoms with Gasteiger partial charge in [0.05, 0.1) is 22.5 Å². The maximum Gasteiger partial charge on any atom is 0.126 e. The summed E-state index contributed by atoms with van der Waals surface area (Å²) < 4.78 is 7.32. The van der Waals surface area contributed by atoms with Gasteiger partial charge < -0.3 is 9.84 Å². The first-order chi connectivity index (χ1) is 7.54. The van der Waals surface area contributed by atoms with Crippen LogP contribution in [-0.4, -0.2) is 27.1 Å². The number of ether oxygens (including phenoxy) is 1. The molecule has 0 aliphatic carbocycles. The molecule has 1 aliphatic heterocycles. The lowest BCUT2D eigenvalue weighted by Gasteiger charge is -2.37. The topological polar surface area (TPSA) is 47.3 Å². The fourth-order valence-electron chi connectivity index (χ4n) is 2.19. The number of aryl methyl sites for hydroxylation is 1. The Kier molecular flexibility index (Phi) is 3.24.